The molecule has 19 heavy (non-hydrogen) atoms. The van der Waals surface area contributed by atoms with Crippen LogP contribution in [-0.4, -0.2) is 15.3 Å². The lowest BCUT2D eigenvalue weighted by Gasteiger charge is -2.12. The van der Waals surface area contributed by atoms with Gasteiger partial charge in [-0.05, 0) is 19.1 Å². The van der Waals surface area contributed by atoms with Crippen molar-refractivity contribution < 1.29 is 8.78 Å². The number of anilines is 1. The Morgan fingerprint density at radius 2 is 2.16 bits per heavy atom. The molecule has 1 aromatic carbocycles. The topological polar surface area (TPSA) is 29.9 Å². The van der Waals surface area contributed by atoms with Crippen molar-refractivity contribution in [3.63, 3.8) is 0 Å². The molecule has 0 radical (unpaired) electrons. The fourth-order valence-electron chi connectivity index (χ4n) is 1.78. The molecule has 0 spiro atoms. The standard InChI is InChI=1S/C13H15F2N3S/c1-2-18-9-16-7-10(18)8-17-11-5-3-4-6-12(11)19-13(14)15/h3-7,9,13,17H,2,8H2,1H3. The molecule has 102 valence electrons. The number of para-hydroxylation sites is 1. The average molecular weight is 283 g/mol. The summed E-state index contributed by atoms with van der Waals surface area (Å²) in [6, 6.07) is 7.08. The number of benzene rings is 1. The molecule has 0 saturated carbocycles. The number of nitrogens with zero attached hydrogens (tertiary/aromatic N) is 2. The first-order valence-electron chi connectivity index (χ1n) is 5.97. The van der Waals surface area contributed by atoms with E-state index in [1.807, 2.05) is 17.6 Å². The first kappa shape index (κ1) is 13.9. The molecule has 0 fully saturated rings. The van der Waals surface area contributed by atoms with E-state index in [9.17, 15) is 8.78 Å². The zero-order chi connectivity index (χ0) is 13.7. The van der Waals surface area contributed by atoms with Crippen molar-refractivity contribution >= 4 is 17.4 Å². The minimum Gasteiger partial charge on any atom is -0.378 e. The molecule has 0 bridgehead atoms. The highest BCUT2D eigenvalue weighted by Crippen LogP contribution is 2.31. The Morgan fingerprint density at radius 3 is 2.89 bits per heavy atom. The van der Waals surface area contributed by atoms with Crippen LogP contribution in [0.5, 0.6) is 0 Å². The second-order valence-corrected chi connectivity index (χ2v) is 4.93. The molecule has 2 aromatic rings. The number of halogens is 2. The lowest BCUT2D eigenvalue weighted by Crippen LogP contribution is -2.06. The quantitative estimate of drug-likeness (QED) is 0.817. The minimum absolute atomic E-state index is 0.554. The predicted molar refractivity (Wildman–Crippen MR) is 73.5 cm³/mol. The van der Waals surface area contributed by atoms with Crippen LogP contribution in [-0.2, 0) is 13.1 Å². The number of aryl methyl sites for hydroxylation is 1. The van der Waals surface area contributed by atoms with Crippen LogP contribution >= 0.6 is 11.8 Å². The molecule has 3 nitrogen and oxygen atoms in total. The summed E-state index contributed by atoms with van der Waals surface area (Å²) in [6.07, 6.45) is 3.54. The van der Waals surface area contributed by atoms with Crippen molar-refractivity contribution in [1.29, 1.82) is 0 Å². The van der Waals surface area contributed by atoms with Gasteiger partial charge in [-0.3, -0.25) is 0 Å². The van der Waals surface area contributed by atoms with Crippen molar-refractivity contribution in [3.8, 4) is 0 Å². The summed E-state index contributed by atoms with van der Waals surface area (Å²) in [4.78, 5) is 4.63. The average Bonchev–Trinajstić information content (AvgIpc) is 2.84. The van der Waals surface area contributed by atoms with Gasteiger partial charge >= 0.3 is 0 Å². The zero-order valence-corrected chi connectivity index (χ0v) is 11.3. The molecule has 0 aliphatic heterocycles. The zero-order valence-electron chi connectivity index (χ0n) is 10.5. The first-order valence-corrected chi connectivity index (χ1v) is 6.85. The van der Waals surface area contributed by atoms with Crippen LogP contribution in [0.15, 0.2) is 41.7 Å². The third-order valence-electron chi connectivity index (χ3n) is 2.70. The molecule has 0 aliphatic carbocycles. The van der Waals surface area contributed by atoms with E-state index < -0.39 is 5.76 Å². The van der Waals surface area contributed by atoms with Gasteiger partial charge in [0.2, 0.25) is 0 Å². The number of rotatable bonds is 6. The van der Waals surface area contributed by atoms with Crippen LogP contribution in [0.4, 0.5) is 14.5 Å². The highest BCUT2D eigenvalue weighted by molar-refractivity contribution is 7.99. The fourth-order valence-corrected chi connectivity index (χ4v) is 2.39. The van der Waals surface area contributed by atoms with Crippen LogP contribution in [0.2, 0.25) is 0 Å². The molecule has 0 amide bonds. The maximum absolute atomic E-state index is 12.5. The van der Waals surface area contributed by atoms with Gasteiger partial charge in [0, 0.05) is 23.3 Å². The summed E-state index contributed by atoms with van der Waals surface area (Å²) in [5.74, 6) is -2.41. The van der Waals surface area contributed by atoms with Crippen molar-refractivity contribution in [2.45, 2.75) is 30.7 Å². The summed E-state index contributed by atoms with van der Waals surface area (Å²) < 4.78 is 26.9. The van der Waals surface area contributed by atoms with Gasteiger partial charge in [0.1, 0.15) is 0 Å². The normalized spacial score (nSPS) is 10.9. The number of aromatic nitrogens is 2. The number of hydrogen-bond donors (Lipinski definition) is 1. The van der Waals surface area contributed by atoms with Gasteiger partial charge in [0.05, 0.1) is 18.6 Å². The van der Waals surface area contributed by atoms with Crippen molar-refractivity contribution in [2.75, 3.05) is 5.32 Å². The van der Waals surface area contributed by atoms with Crippen LogP contribution in [0.3, 0.4) is 0 Å². The molecule has 0 atom stereocenters. The molecule has 1 N–H and O–H groups in total. The summed E-state index contributed by atoms with van der Waals surface area (Å²) in [6.45, 7) is 3.44. The van der Waals surface area contributed by atoms with E-state index in [2.05, 4.69) is 10.3 Å². The van der Waals surface area contributed by atoms with Crippen LogP contribution < -0.4 is 5.32 Å². The second-order valence-electron chi connectivity index (χ2n) is 3.90. The fraction of sp³-hybridized carbons (Fsp3) is 0.308. The largest absolute Gasteiger partial charge is 0.378 e. The maximum atomic E-state index is 12.5. The third kappa shape index (κ3) is 3.70. The van der Waals surface area contributed by atoms with E-state index in [0.717, 1.165) is 17.9 Å². The number of imidazole rings is 1. The number of thioether (sulfide) groups is 1. The van der Waals surface area contributed by atoms with Crippen molar-refractivity contribution in [1.82, 2.24) is 9.55 Å². The predicted octanol–water partition coefficient (Wildman–Crippen LogP) is 3.83. The number of nitrogens with one attached hydrogen (secondary N) is 1. The Kier molecular flexibility index (Phi) is 4.79. The number of hydrogen-bond acceptors (Lipinski definition) is 3. The highest BCUT2D eigenvalue weighted by Gasteiger charge is 2.09. The van der Waals surface area contributed by atoms with Crippen LogP contribution in [0, 0.1) is 0 Å². The molecular weight excluding hydrogens is 268 g/mol. The Morgan fingerprint density at radius 1 is 1.37 bits per heavy atom. The van der Waals surface area contributed by atoms with Crippen LogP contribution in [0.25, 0.3) is 0 Å². The van der Waals surface area contributed by atoms with E-state index in [4.69, 9.17) is 0 Å². The van der Waals surface area contributed by atoms with Crippen molar-refractivity contribution in [2.24, 2.45) is 0 Å². The lowest BCUT2D eigenvalue weighted by molar-refractivity contribution is 0.252. The monoisotopic (exact) mass is 283 g/mol. The second kappa shape index (κ2) is 6.56. The minimum atomic E-state index is -2.41. The Labute approximate surface area is 115 Å². The van der Waals surface area contributed by atoms with Gasteiger partial charge in [0.25, 0.3) is 5.76 Å². The van der Waals surface area contributed by atoms with Gasteiger partial charge in [-0.15, -0.1) is 0 Å². The molecule has 0 unspecified atom stereocenters. The molecule has 0 saturated heterocycles. The van der Waals surface area contributed by atoms with Gasteiger partial charge in [-0.2, -0.15) is 8.78 Å². The first-order chi connectivity index (χ1) is 9.20. The molecule has 0 aliphatic rings. The van der Waals surface area contributed by atoms with Gasteiger partial charge in [-0.25, -0.2) is 4.98 Å². The Hall–Kier alpha value is -1.56. The smallest absolute Gasteiger partial charge is 0.288 e. The summed E-state index contributed by atoms with van der Waals surface area (Å²) in [5.41, 5.74) is 1.75. The Balaban J connectivity index is 2.07. The molecule has 1 heterocycles. The van der Waals surface area contributed by atoms with E-state index in [-0.39, 0.29) is 0 Å². The van der Waals surface area contributed by atoms with E-state index >= 15 is 0 Å². The van der Waals surface area contributed by atoms with E-state index in [0.29, 0.717) is 23.2 Å². The van der Waals surface area contributed by atoms with E-state index in [1.165, 1.54) is 0 Å². The molecular formula is C13H15F2N3S. The summed E-state index contributed by atoms with van der Waals surface area (Å²) in [5, 5.41) is 3.18. The lowest BCUT2D eigenvalue weighted by atomic mass is 10.3. The van der Waals surface area contributed by atoms with E-state index in [1.54, 1.807) is 30.7 Å². The molecule has 2 rings (SSSR count). The van der Waals surface area contributed by atoms with Gasteiger partial charge in [-0.1, -0.05) is 23.9 Å². The summed E-state index contributed by atoms with van der Waals surface area (Å²) >= 11 is 0.554. The SMILES string of the molecule is CCn1cncc1CNc1ccccc1SC(F)F. The summed E-state index contributed by atoms with van der Waals surface area (Å²) in [7, 11) is 0. The maximum Gasteiger partial charge on any atom is 0.288 e. The third-order valence-corrected chi connectivity index (χ3v) is 3.49. The van der Waals surface area contributed by atoms with Crippen LogP contribution in [0.1, 0.15) is 12.6 Å². The molecule has 1 aromatic heterocycles. The Bertz CT molecular complexity index is 528. The van der Waals surface area contributed by atoms with Gasteiger partial charge < -0.3 is 9.88 Å². The van der Waals surface area contributed by atoms with Crippen molar-refractivity contribution in [3.05, 3.63) is 42.5 Å². The number of alkyl halides is 2. The highest BCUT2D eigenvalue weighted by atomic mass is 32.2. The van der Waals surface area contributed by atoms with Gasteiger partial charge in [0.15, 0.2) is 0 Å². The molecule has 6 heteroatoms.